The fourth-order valence-electron chi connectivity index (χ4n) is 1.84. The van der Waals surface area contributed by atoms with Crippen LogP contribution in [0.5, 0.6) is 5.75 Å². The fourth-order valence-corrected chi connectivity index (χ4v) is 2.06. The van der Waals surface area contributed by atoms with Crippen molar-refractivity contribution >= 4 is 29.2 Å². The summed E-state index contributed by atoms with van der Waals surface area (Å²) in [6.45, 7) is 1.73. The van der Waals surface area contributed by atoms with Gasteiger partial charge in [0.2, 0.25) is 0 Å². The molecule has 0 aromatic heterocycles. The molecule has 24 heavy (non-hydrogen) atoms. The van der Waals surface area contributed by atoms with E-state index in [1.54, 1.807) is 31.2 Å². The SMILES string of the molecule is CCOC(=O)c1ccc(NC(=O)COc2ccc(F)cc2Cl)cc1. The summed E-state index contributed by atoms with van der Waals surface area (Å²) in [5.74, 6) is -1.12. The molecule has 1 amide bonds. The highest BCUT2D eigenvalue weighted by atomic mass is 35.5. The third kappa shape index (κ3) is 4.96. The molecule has 0 unspecified atom stereocenters. The lowest BCUT2D eigenvalue weighted by Gasteiger charge is -2.09. The number of carbonyl (C=O) groups is 2. The number of nitrogens with one attached hydrogen (secondary N) is 1. The van der Waals surface area contributed by atoms with E-state index in [2.05, 4.69) is 5.32 Å². The molecule has 0 aliphatic heterocycles. The van der Waals surface area contributed by atoms with Crippen molar-refractivity contribution in [1.29, 1.82) is 0 Å². The van der Waals surface area contributed by atoms with Gasteiger partial charge in [0, 0.05) is 5.69 Å². The lowest BCUT2D eigenvalue weighted by atomic mass is 10.2. The van der Waals surface area contributed by atoms with Gasteiger partial charge in [-0.1, -0.05) is 11.6 Å². The van der Waals surface area contributed by atoms with Gasteiger partial charge in [0.05, 0.1) is 17.2 Å². The first-order valence-corrected chi connectivity index (χ1v) is 7.52. The van der Waals surface area contributed by atoms with Gasteiger partial charge in [0.1, 0.15) is 11.6 Å². The number of hydrogen-bond donors (Lipinski definition) is 1. The molecule has 0 aliphatic carbocycles. The van der Waals surface area contributed by atoms with Gasteiger partial charge in [0.15, 0.2) is 6.61 Å². The van der Waals surface area contributed by atoms with Gasteiger partial charge >= 0.3 is 5.97 Å². The number of hydrogen-bond acceptors (Lipinski definition) is 4. The van der Waals surface area contributed by atoms with Gasteiger partial charge in [-0.05, 0) is 49.4 Å². The van der Waals surface area contributed by atoms with Crippen LogP contribution in [0.4, 0.5) is 10.1 Å². The molecule has 0 saturated carbocycles. The monoisotopic (exact) mass is 351 g/mol. The van der Waals surface area contributed by atoms with Crippen molar-refractivity contribution in [3.63, 3.8) is 0 Å². The summed E-state index contributed by atoms with van der Waals surface area (Å²) >= 11 is 5.81. The van der Waals surface area contributed by atoms with E-state index in [0.717, 1.165) is 6.07 Å². The van der Waals surface area contributed by atoms with Crippen LogP contribution in [0.1, 0.15) is 17.3 Å². The van der Waals surface area contributed by atoms with Crippen LogP contribution in [0.2, 0.25) is 5.02 Å². The smallest absolute Gasteiger partial charge is 0.338 e. The zero-order valence-electron chi connectivity index (χ0n) is 12.8. The van der Waals surface area contributed by atoms with Crippen LogP contribution in [0.15, 0.2) is 42.5 Å². The second-order valence-electron chi connectivity index (χ2n) is 4.71. The maximum atomic E-state index is 12.9. The number of benzene rings is 2. The van der Waals surface area contributed by atoms with Crippen LogP contribution in [0.25, 0.3) is 0 Å². The third-order valence-electron chi connectivity index (χ3n) is 2.93. The summed E-state index contributed by atoms with van der Waals surface area (Å²) < 4.78 is 23.0. The van der Waals surface area contributed by atoms with Crippen molar-refractivity contribution < 1.29 is 23.5 Å². The normalized spacial score (nSPS) is 10.1. The van der Waals surface area contributed by atoms with E-state index in [1.165, 1.54) is 12.1 Å². The second kappa shape index (κ2) is 8.31. The molecule has 0 fully saturated rings. The van der Waals surface area contributed by atoms with Crippen molar-refractivity contribution in [3.05, 3.63) is 58.9 Å². The molecule has 0 spiro atoms. The number of amides is 1. The minimum Gasteiger partial charge on any atom is -0.482 e. The summed E-state index contributed by atoms with van der Waals surface area (Å²) in [6.07, 6.45) is 0. The summed E-state index contributed by atoms with van der Waals surface area (Å²) in [5.41, 5.74) is 0.894. The number of esters is 1. The van der Waals surface area contributed by atoms with Crippen LogP contribution in [-0.4, -0.2) is 25.1 Å². The number of carbonyl (C=O) groups excluding carboxylic acids is 2. The Kier molecular flexibility index (Phi) is 6.14. The molecule has 2 rings (SSSR count). The number of halogens is 2. The molecule has 5 nitrogen and oxygen atoms in total. The topological polar surface area (TPSA) is 64.6 Å². The van der Waals surface area contributed by atoms with Gasteiger partial charge in [-0.15, -0.1) is 0 Å². The molecule has 0 atom stereocenters. The van der Waals surface area contributed by atoms with Gasteiger partial charge in [-0.25, -0.2) is 9.18 Å². The Balaban J connectivity index is 1.89. The van der Waals surface area contributed by atoms with Crippen molar-refractivity contribution in [2.24, 2.45) is 0 Å². The van der Waals surface area contributed by atoms with Gasteiger partial charge in [-0.3, -0.25) is 4.79 Å². The Morgan fingerprint density at radius 3 is 2.50 bits per heavy atom. The second-order valence-corrected chi connectivity index (χ2v) is 5.12. The highest BCUT2D eigenvalue weighted by molar-refractivity contribution is 6.32. The highest BCUT2D eigenvalue weighted by Crippen LogP contribution is 2.24. The Morgan fingerprint density at radius 2 is 1.88 bits per heavy atom. The van der Waals surface area contributed by atoms with Crippen LogP contribution >= 0.6 is 11.6 Å². The predicted molar refractivity (Wildman–Crippen MR) is 87.9 cm³/mol. The number of ether oxygens (including phenoxy) is 2. The summed E-state index contributed by atoms with van der Waals surface area (Å²) in [6, 6.07) is 9.88. The minimum atomic E-state index is -0.488. The van der Waals surface area contributed by atoms with Crippen molar-refractivity contribution in [1.82, 2.24) is 0 Å². The molecule has 7 heteroatoms. The molecule has 126 valence electrons. The first-order valence-electron chi connectivity index (χ1n) is 7.14. The maximum absolute atomic E-state index is 12.9. The molecule has 0 heterocycles. The zero-order chi connectivity index (χ0) is 17.5. The van der Waals surface area contributed by atoms with E-state index in [9.17, 15) is 14.0 Å². The van der Waals surface area contributed by atoms with Crippen LogP contribution in [-0.2, 0) is 9.53 Å². The lowest BCUT2D eigenvalue weighted by Crippen LogP contribution is -2.20. The summed E-state index contributed by atoms with van der Waals surface area (Å²) in [4.78, 5) is 23.4. The van der Waals surface area contributed by atoms with Crippen LogP contribution in [0.3, 0.4) is 0 Å². The van der Waals surface area contributed by atoms with Gasteiger partial charge in [-0.2, -0.15) is 0 Å². The van der Waals surface area contributed by atoms with Crippen molar-refractivity contribution in [3.8, 4) is 5.75 Å². The summed E-state index contributed by atoms with van der Waals surface area (Å²) in [5, 5.41) is 2.69. The molecule has 0 bridgehead atoms. The number of anilines is 1. The van der Waals surface area contributed by atoms with E-state index in [1.807, 2.05) is 0 Å². The standard InChI is InChI=1S/C17H15ClFNO4/c1-2-23-17(22)11-3-6-13(7-4-11)20-16(21)10-24-15-8-5-12(19)9-14(15)18/h3-9H,2,10H2,1H3,(H,20,21). The lowest BCUT2D eigenvalue weighted by molar-refractivity contribution is -0.118. The Labute approximate surface area is 143 Å². The first-order chi connectivity index (χ1) is 11.5. The fraction of sp³-hybridized carbons (Fsp3) is 0.176. The van der Waals surface area contributed by atoms with E-state index in [4.69, 9.17) is 21.1 Å². The minimum absolute atomic E-state index is 0.0848. The van der Waals surface area contributed by atoms with E-state index in [0.29, 0.717) is 17.9 Å². The van der Waals surface area contributed by atoms with E-state index in [-0.39, 0.29) is 17.4 Å². The molecule has 1 N–H and O–H groups in total. The quantitative estimate of drug-likeness (QED) is 0.806. The van der Waals surface area contributed by atoms with Crippen LogP contribution in [0, 0.1) is 5.82 Å². The Morgan fingerprint density at radius 1 is 1.17 bits per heavy atom. The number of rotatable bonds is 6. The molecule has 2 aromatic carbocycles. The predicted octanol–water partition coefficient (Wildman–Crippen LogP) is 3.67. The Hall–Kier alpha value is -2.60. The first kappa shape index (κ1) is 17.7. The average Bonchev–Trinajstić information content (AvgIpc) is 2.55. The van der Waals surface area contributed by atoms with Gasteiger partial charge < -0.3 is 14.8 Å². The largest absolute Gasteiger partial charge is 0.482 e. The maximum Gasteiger partial charge on any atom is 0.338 e. The van der Waals surface area contributed by atoms with E-state index >= 15 is 0 Å². The summed E-state index contributed by atoms with van der Waals surface area (Å²) in [7, 11) is 0. The average molecular weight is 352 g/mol. The van der Waals surface area contributed by atoms with Gasteiger partial charge in [0.25, 0.3) is 5.91 Å². The molecular formula is C17H15ClFNO4. The molecule has 0 saturated heterocycles. The molecule has 0 aliphatic rings. The highest BCUT2D eigenvalue weighted by Gasteiger charge is 2.09. The van der Waals surface area contributed by atoms with Crippen molar-refractivity contribution in [2.45, 2.75) is 6.92 Å². The molecular weight excluding hydrogens is 337 g/mol. The molecule has 0 radical (unpaired) electrons. The third-order valence-corrected chi connectivity index (χ3v) is 3.23. The van der Waals surface area contributed by atoms with Crippen molar-refractivity contribution in [2.75, 3.05) is 18.5 Å². The van der Waals surface area contributed by atoms with Crippen LogP contribution < -0.4 is 10.1 Å². The Bertz CT molecular complexity index is 734. The van der Waals surface area contributed by atoms with E-state index < -0.39 is 17.7 Å². The molecule has 2 aromatic rings. The zero-order valence-corrected chi connectivity index (χ0v) is 13.6.